The van der Waals surface area contributed by atoms with Crippen LogP contribution in [0, 0.1) is 0 Å². The number of nitrogens with one attached hydrogen (secondary N) is 2. The molecule has 0 radical (unpaired) electrons. The van der Waals surface area contributed by atoms with E-state index in [1.54, 1.807) is 44.2 Å². The maximum atomic E-state index is 13.3. The standard InChI is InChI=1S/C21H25N5O8S2.Na/c1-21(2)14(18(29)30)26-16(28)13(17(26)35-21)22-15(27)12(11-7-5-4-6-8-11)23-19(31)24-9-10-25(20(24)32)36(3,33)34;/h4-8,12-14,17H,9-10H2,1-3H3,(H,22,27)(H,23,31)(H,29,30);/q;+1/p-1/t12?,13-,14+,17-;/m1./s1. The van der Waals surface area contributed by atoms with E-state index in [2.05, 4.69) is 10.6 Å². The molecule has 0 saturated carbocycles. The summed E-state index contributed by atoms with van der Waals surface area (Å²) in [5.41, 5.74) is 0.352. The average Bonchev–Trinajstić information content (AvgIpc) is 3.31. The van der Waals surface area contributed by atoms with Gasteiger partial charge in [0, 0.05) is 4.75 Å². The van der Waals surface area contributed by atoms with Gasteiger partial charge in [-0.15, -0.1) is 11.8 Å². The summed E-state index contributed by atoms with van der Waals surface area (Å²) in [5, 5.41) is 16.0. The molecule has 0 aromatic heterocycles. The van der Waals surface area contributed by atoms with E-state index in [9.17, 15) is 37.5 Å². The number of rotatable bonds is 6. The Kier molecular flexibility index (Phi) is 8.25. The zero-order chi connectivity index (χ0) is 26.6. The number of nitrogens with zero attached hydrogens (tertiary/aromatic N) is 3. The summed E-state index contributed by atoms with van der Waals surface area (Å²) in [4.78, 5) is 64.8. The molecule has 1 aromatic rings. The fourth-order valence-electron chi connectivity index (χ4n) is 4.52. The van der Waals surface area contributed by atoms with Crippen LogP contribution in [0.5, 0.6) is 0 Å². The van der Waals surface area contributed by atoms with Gasteiger partial charge < -0.3 is 25.4 Å². The first-order chi connectivity index (χ1) is 16.7. The number of urea groups is 2. The van der Waals surface area contributed by atoms with E-state index < -0.39 is 68.1 Å². The summed E-state index contributed by atoms with van der Waals surface area (Å²) in [7, 11) is -3.87. The second-order valence-electron chi connectivity index (χ2n) is 9.13. The van der Waals surface area contributed by atoms with Crippen LogP contribution < -0.4 is 45.3 Å². The smallest absolute Gasteiger partial charge is 0.548 e. The van der Waals surface area contributed by atoms with Gasteiger partial charge in [0.15, 0.2) is 0 Å². The maximum Gasteiger partial charge on any atom is 1.00 e. The van der Waals surface area contributed by atoms with Crippen molar-refractivity contribution in [3.63, 3.8) is 0 Å². The van der Waals surface area contributed by atoms with Crippen LogP contribution >= 0.6 is 11.8 Å². The van der Waals surface area contributed by atoms with Crippen LogP contribution in [-0.2, 0) is 24.4 Å². The number of fused-ring (bicyclic) bond motifs is 1. The average molecular weight is 562 g/mol. The molecule has 0 bridgehead atoms. The minimum atomic E-state index is -3.87. The first-order valence-corrected chi connectivity index (χ1v) is 13.6. The molecule has 1 aromatic carbocycles. The molecule has 16 heteroatoms. The van der Waals surface area contributed by atoms with Crippen molar-refractivity contribution in [2.24, 2.45) is 0 Å². The van der Waals surface area contributed by atoms with Gasteiger partial charge in [-0.25, -0.2) is 27.2 Å². The molecule has 13 nitrogen and oxygen atoms in total. The van der Waals surface area contributed by atoms with Crippen molar-refractivity contribution in [3.05, 3.63) is 35.9 Å². The van der Waals surface area contributed by atoms with Crippen molar-refractivity contribution < 1.29 is 67.1 Å². The van der Waals surface area contributed by atoms with Crippen LogP contribution in [-0.4, -0.2) is 93.9 Å². The van der Waals surface area contributed by atoms with Crippen LogP contribution in [0.25, 0.3) is 0 Å². The predicted octanol–water partition coefficient (Wildman–Crippen LogP) is -4.56. The van der Waals surface area contributed by atoms with E-state index in [1.165, 1.54) is 16.7 Å². The number of hydrogen-bond acceptors (Lipinski definition) is 9. The topological polar surface area (TPSA) is 176 Å². The number of imide groups is 1. The number of carbonyl (C=O) groups excluding carboxylic acids is 5. The zero-order valence-electron chi connectivity index (χ0n) is 20.5. The van der Waals surface area contributed by atoms with E-state index in [0.717, 1.165) is 6.26 Å². The Morgan fingerprint density at radius 3 is 2.30 bits per heavy atom. The largest absolute Gasteiger partial charge is 1.00 e. The molecule has 194 valence electrons. The monoisotopic (exact) mass is 561 g/mol. The number of benzene rings is 1. The Hall–Kier alpha value is -2.33. The number of aliphatic carboxylic acids is 1. The number of β-lactam (4-membered cyclic amide) rings is 1. The molecular weight excluding hydrogens is 537 g/mol. The van der Waals surface area contributed by atoms with Crippen LogP contribution in [0.4, 0.5) is 9.59 Å². The molecule has 0 aliphatic carbocycles. The van der Waals surface area contributed by atoms with Crippen molar-refractivity contribution in [1.29, 1.82) is 0 Å². The number of thioether (sulfide) groups is 1. The summed E-state index contributed by atoms with van der Waals surface area (Å²) < 4.78 is 23.2. The quantitative estimate of drug-likeness (QED) is 0.256. The normalized spacial score (nSPS) is 25.1. The van der Waals surface area contributed by atoms with Crippen molar-refractivity contribution in [2.75, 3.05) is 19.3 Å². The van der Waals surface area contributed by atoms with Gasteiger partial charge in [0.1, 0.15) is 17.5 Å². The molecule has 3 fully saturated rings. The van der Waals surface area contributed by atoms with E-state index in [4.69, 9.17) is 0 Å². The molecule has 3 aliphatic heterocycles. The van der Waals surface area contributed by atoms with E-state index in [1.807, 2.05) is 0 Å². The number of carboxylic acid groups (broad SMARTS) is 1. The number of hydrogen-bond donors (Lipinski definition) is 2. The van der Waals surface area contributed by atoms with E-state index >= 15 is 0 Å². The number of amides is 6. The number of carboxylic acids is 1. The Bertz CT molecular complexity index is 1240. The van der Waals surface area contributed by atoms with Gasteiger partial charge in [-0.3, -0.25) is 9.59 Å². The first kappa shape index (κ1) is 29.2. The Morgan fingerprint density at radius 2 is 1.76 bits per heavy atom. The third kappa shape index (κ3) is 5.32. The van der Waals surface area contributed by atoms with Crippen LogP contribution in [0.3, 0.4) is 0 Å². The fraction of sp³-hybridized carbons (Fsp3) is 0.476. The predicted molar refractivity (Wildman–Crippen MR) is 124 cm³/mol. The molecular formula is C21H24N5NaO8S2. The molecule has 2 N–H and O–H groups in total. The molecule has 4 atom stereocenters. The molecule has 37 heavy (non-hydrogen) atoms. The van der Waals surface area contributed by atoms with Crippen molar-refractivity contribution in [3.8, 4) is 0 Å². The van der Waals surface area contributed by atoms with Gasteiger partial charge in [-0.1, -0.05) is 30.3 Å². The molecule has 3 aliphatic rings. The van der Waals surface area contributed by atoms with Gasteiger partial charge in [-0.05, 0) is 19.4 Å². The van der Waals surface area contributed by atoms with Gasteiger partial charge in [0.25, 0.3) is 0 Å². The Balaban J connectivity index is 0.00000380. The summed E-state index contributed by atoms with van der Waals surface area (Å²) in [6.45, 7) is 2.92. The molecule has 0 spiro atoms. The SMILES string of the molecule is CC1(C)S[C@@H]2[C@H](NC(=O)C(NC(=O)N3CCN(S(C)(=O)=O)C3=O)c3ccccc3)C(=O)N2[C@H]1C(=O)[O-].[Na+]. The molecule has 6 amide bonds. The number of carbonyl (C=O) groups is 5. The minimum absolute atomic E-state index is 0. The third-order valence-corrected chi connectivity index (χ3v) is 8.95. The second-order valence-corrected chi connectivity index (χ2v) is 12.8. The van der Waals surface area contributed by atoms with E-state index in [0.29, 0.717) is 14.8 Å². The van der Waals surface area contributed by atoms with Gasteiger partial charge in [-0.2, -0.15) is 0 Å². The number of sulfonamides is 1. The summed E-state index contributed by atoms with van der Waals surface area (Å²) in [5.74, 6) is -2.73. The summed E-state index contributed by atoms with van der Waals surface area (Å²) >= 11 is 1.22. The molecule has 3 saturated heterocycles. The van der Waals surface area contributed by atoms with Crippen LogP contribution in [0.2, 0.25) is 0 Å². The van der Waals surface area contributed by atoms with Crippen molar-refractivity contribution in [2.45, 2.75) is 42.1 Å². The molecule has 4 rings (SSSR count). The first-order valence-electron chi connectivity index (χ1n) is 10.9. The Labute approximate surface area is 239 Å². The summed E-state index contributed by atoms with van der Waals surface area (Å²) in [6.07, 6.45) is 0.846. The van der Waals surface area contributed by atoms with Crippen LogP contribution in [0.1, 0.15) is 25.5 Å². The van der Waals surface area contributed by atoms with E-state index in [-0.39, 0.29) is 42.6 Å². The van der Waals surface area contributed by atoms with Gasteiger partial charge >= 0.3 is 41.6 Å². The second kappa shape index (κ2) is 10.4. The van der Waals surface area contributed by atoms with Crippen LogP contribution in [0.15, 0.2) is 30.3 Å². The van der Waals surface area contributed by atoms with Gasteiger partial charge in [0.2, 0.25) is 21.8 Å². The van der Waals surface area contributed by atoms with Crippen molar-refractivity contribution >= 4 is 51.6 Å². The van der Waals surface area contributed by atoms with Crippen molar-refractivity contribution in [1.82, 2.24) is 24.7 Å². The molecule has 3 heterocycles. The fourth-order valence-corrected chi connectivity index (χ4v) is 6.94. The zero-order valence-corrected chi connectivity index (χ0v) is 24.2. The maximum absolute atomic E-state index is 13.3. The summed E-state index contributed by atoms with van der Waals surface area (Å²) in [6, 6.07) is 2.56. The Morgan fingerprint density at radius 1 is 1.14 bits per heavy atom. The minimum Gasteiger partial charge on any atom is -0.548 e. The van der Waals surface area contributed by atoms with Gasteiger partial charge in [0.05, 0.1) is 31.4 Å². The third-order valence-electron chi connectivity index (χ3n) is 6.24. The molecule has 1 unspecified atom stereocenters.